The van der Waals surface area contributed by atoms with Gasteiger partial charge < -0.3 is 9.84 Å². The number of aliphatic hydroxyl groups excluding tert-OH is 1. The molecule has 1 rings (SSSR count). The Morgan fingerprint density at radius 1 is 1.78 bits per heavy atom. The van der Waals surface area contributed by atoms with Crippen molar-refractivity contribution in [2.75, 3.05) is 13.2 Å². The molecule has 1 aliphatic rings. The van der Waals surface area contributed by atoms with Crippen LogP contribution in [0.3, 0.4) is 0 Å². The maximum Gasteiger partial charge on any atom is 0.0515 e. The summed E-state index contributed by atoms with van der Waals surface area (Å²) in [4.78, 5) is 0. The summed E-state index contributed by atoms with van der Waals surface area (Å²) in [6.07, 6.45) is 1.88. The van der Waals surface area contributed by atoms with E-state index in [0.29, 0.717) is 5.92 Å². The van der Waals surface area contributed by atoms with E-state index < -0.39 is 0 Å². The molecule has 0 aliphatic carbocycles. The highest BCUT2D eigenvalue weighted by Crippen LogP contribution is 2.17. The number of hydrogen-bond donors (Lipinski definition) is 1. The molecule has 1 aliphatic heterocycles. The van der Waals surface area contributed by atoms with E-state index in [9.17, 15) is 0 Å². The highest BCUT2D eigenvalue weighted by atomic mass is 16.5. The van der Waals surface area contributed by atoms with E-state index in [2.05, 4.69) is 0 Å². The molecule has 2 heteroatoms. The lowest BCUT2D eigenvalue weighted by molar-refractivity contribution is 0.141. The van der Waals surface area contributed by atoms with Gasteiger partial charge in [0.1, 0.15) is 0 Å². The van der Waals surface area contributed by atoms with Crippen LogP contribution in [0.4, 0.5) is 0 Å². The first-order valence-corrected chi connectivity index (χ1v) is 3.55. The van der Waals surface area contributed by atoms with Crippen LogP contribution in [0.1, 0.15) is 19.8 Å². The second kappa shape index (κ2) is 3.18. The Morgan fingerprint density at radius 3 is 3.00 bits per heavy atom. The molecule has 9 heavy (non-hydrogen) atoms. The van der Waals surface area contributed by atoms with Gasteiger partial charge in [-0.25, -0.2) is 0 Å². The maximum absolute atomic E-state index is 8.96. The average Bonchev–Trinajstić information content (AvgIpc) is 2.15. The van der Waals surface area contributed by atoms with E-state index in [1.807, 2.05) is 6.92 Å². The van der Waals surface area contributed by atoms with Gasteiger partial charge in [-0.3, -0.25) is 0 Å². The van der Waals surface area contributed by atoms with E-state index in [-0.39, 0.29) is 6.10 Å². The molecular weight excluding hydrogens is 116 g/mol. The minimum absolute atomic E-state index is 0.156. The fraction of sp³-hybridized carbons (Fsp3) is 1.00. The van der Waals surface area contributed by atoms with E-state index >= 15 is 0 Å². The monoisotopic (exact) mass is 130 g/mol. The Bertz CT molecular complexity index is 75.0. The van der Waals surface area contributed by atoms with Gasteiger partial charge in [-0.15, -0.1) is 0 Å². The van der Waals surface area contributed by atoms with Gasteiger partial charge in [0.25, 0.3) is 0 Å². The van der Waals surface area contributed by atoms with Crippen molar-refractivity contribution in [1.29, 1.82) is 0 Å². The summed E-state index contributed by atoms with van der Waals surface area (Å²) in [6, 6.07) is 0. The molecule has 0 spiro atoms. The normalized spacial score (nSPS) is 30.7. The van der Waals surface area contributed by atoms with Gasteiger partial charge in [0.15, 0.2) is 0 Å². The van der Waals surface area contributed by atoms with Crippen LogP contribution in [0, 0.1) is 5.92 Å². The number of aliphatic hydroxyl groups is 1. The van der Waals surface area contributed by atoms with Gasteiger partial charge in [0.2, 0.25) is 0 Å². The van der Waals surface area contributed by atoms with Crippen molar-refractivity contribution < 1.29 is 9.84 Å². The van der Waals surface area contributed by atoms with Crippen LogP contribution >= 0.6 is 0 Å². The molecule has 54 valence electrons. The van der Waals surface area contributed by atoms with Crippen molar-refractivity contribution in [3.05, 3.63) is 0 Å². The molecular formula is C7H14O2. The number of rotatable bonds is 2. The van der Waals surface area contributed by atoms with Crippen LogP contribution < -0.4 is 0 Å². The lowest BCUT2D eigenvalue weighted by Crippen LogP contribution is -2.09. The molecule has 0 aromatic carbocycles. The molecule has 1 saturated heterocycles. The summed E-state index contributed by atoms with van der Waals surface area (Å²) < 4.78 is 5.15. The topological polar surface area (TPSA) is 29.5 Å². The molecule has 2 nitrogen and oxygen atoms in total. The van der Waals surface area contributed by atoms with Crippen LogP contribution in [0.15, 0.2) is 0 Å². The molecule has 0 aromatic rings. The van der Waals surface area contributed by atoms with Crippen molar-refractivity contribution in [2.24, 2.45) is 5.92 Å². The lowest BCUT2D eigenvalue weighted by atomic mass is 10.0. The second-order valence-electron chi connectivity index (χ2n) is 2.81. The van der Waals surface area contributed by atoms with Gasteiger partial charge in [0.05, 0.1) is 6.10 Å². The smallest absolute Gasteiger partial charge is 0.0515 e. The van der Waals surface area contributed by atoms with Gasteiger partial charge in [-0.1, -0.05) is 0 Å². The molecule has 2 atom stereocenters. The van der Waals surface area contributed by atoms with Gasteiger partial charge >= 0.3 is 0 Å². The summed E-state index contributed by atoms with van der Waals surface area (Å²) in [7, 11) is 0. The Morgan fingerprint density at radius 2 is 2.56 bits per heavy atom. The molecule has 0 unspecified atom stereocenters. The fourth-order valence-electron chi connectivity index (χ4n) is 1.25. The summed E-state index contributed by atoms with van der Waals surface area (Å²) in [5.74, 6) is 0.616. The second-order valence-corrected chi connectivity index (χ2v) is 2.81. The number of ether oxygens (including phenoxy) is 1. The van der Waals surface area contributed by atoms with Gasteiger partial charge in [-0.05, 0) is 25.7 Å². The Hall–Kier alpha value is -0.0800. The Balaban J connectivity index is 2.11. The van der Waals surface area contributed by atoms with Crippen LogP contribution in [0.2, 0.25) is 0 Å². The molecule has 0 saturated carbocycles. The maximum atomic E-state index is 8.96. The van der Waals surface area contributed by atoms with Crippen LogP contribution in [0.25, 0.3) is 0 Å². The molecule has 0 amide bonds. The third kappa shape index (κ3) is 2.33. The lowest BCUT2D eigenvalue weighted by Gasteiger charge is -2.08. The molecule has 0 radical (unpaired) electrons. The molecule has 1 fully saturated rings. The van der Waals surface area contributed by atoms with Gasteiger partial charge in [-0.2, -0.15) is 0 Å². The van der Waals surface area contributed by atoms with Crippen molar-refractivity contribution in [2.45, 2.75) is 25.9 Å². The molecule has 0 aromatic heterocycles. The zero-order valence-corrected chi connectivity index (χ0v) is 5.84. The standard InChI is InChI=1S/C7H14O2/c1-6(8)4-7-2-3-9-5-7/h6-8H,2-5H2,1H3/t6-,7-/m0/s1. The molecule has 1 N–H and O–H groups in total. The highest BCUT2D eigenvalue weighted by molar-refractivity contribution is 4.66. The zero-order chi connectivity index (χ0) is 6.69. The Labute approximate surface area is 55.8 Å². The SMILES string of the molecule is C[C@H](O)C[C@@H]1CCOC1. The van der Waals surface area contributed by atoms with E-state index in [1.165, 1.54) is 0 Å². The Kier molecular flexibility index (Phi) is 2.49. The van der Waals surface area contributed by atoms with Gasteiger partial charge in [0, 0.05) is 13.2 Å². The average molecular weight is 130 g/mol. The first-order chi connectivity index (χ1) is 4.29. The third-order valence-corrected chi connectivity index (χ3v) is 1.70. The molecule has 1 heterocycles. The summed E-state index contributed by atoms with van der Waals surface area (Å²) in [6.45, 7) is 3.57. The first-order valence-electron chi connectivity index (χ1n) is 3.55. The minimum atomic E-state index is -0.156. The minimum Gasteiger partial charge on any atom is -0.393 e. The highest BCUT2D eigenvalue weighted by Gasteiger charge is 2.16. The predicted octanol–water partition coefficient (Wildman–Crippen LogP) is 0.794. The van der Waals surface area contributed by atoms with E-state index in [1.54, 1.807) is 0 Å². The first kappa shape index (κ1) is 7.03. The third-order valence-electron chi connectivity index (χ3n) is 1.70. The summed E-state index contributed by atoms with van der Waals surface area (Å²) >= 11 is 0. The largest absolute Gasteiger partial charge is 0.393 e. The number of hydrogen-bond acceptors (Lipinski definition) is 2. The van der Waals surface area contributed by atoms with Crippen molar-refractivity contribution >= 4 is 0 Å². The van der Waals surface area contributed by atoms with Crippen LogP contribution in [-0.2, 0) is 4.74 Å². The summed E-state index contributed by atoms with van der Waals surface area (Å²) in [5.41, 5.74) is 0. The van der Waals surface area contributed by atoms with E-state index in [0.717, 1.165) is 26.1 Å². The molecule has 0 bridgehead atoms. The van der Waals surface area contributed by atoms with Crippen molar-refractivity contribution in [3.63, 3.8) is 0 Å². The predicted molar refractivity (Wildman–Crippen MR) is 35.2 cm³/mol. The zero-order valence-electron chi connectivity index (χ0n) is 5.84. The fourth-order valence-corrected chi connectivity index (χ4v) is 1.25. The summed E-state index contributed by atoms with van der Waals surface area (Å²) in [5, 5.41) is 8.96. The van der Waals surface area contributed by atoms with Crippen LogP contribution in [-0.4, -0.2) is 24.4 Å². The quantitative estimate of drug-likeness (QED) is 0.599. The van der Waals surface area contributed by atoms with Crippen molar-refractivity contribution in [3.8, 4) is 0 Å². The van der Waals surface area contributed by atoms with Crippen molar-refractivity contribution in [1.82, 2.24) is 0 Å². The van der Waals surface area contributed by atoms with E-state index in [4.69, 9.17) is 9.84 Å². The van der Waals surface area contributed by atoms with Crippen LogP contribution in [0.5, 0.6) is 0 Å².